The van der Waals surface area contributed by atoms with E-state index in [9.17, 15) is 23.9 Å². The summed E-state index contributed by atoms with van der Waals surface area (Å²) in [4.78, 5) is 47.1. The highest BCUT2D eigenvalue weighted by molar-refractivity contribution is 8.00. The second-order valence-electron chi connectivity index (χ2n) is 8.18. The van der Waals surface area contributed by atoms with Crippen LogP contribution < -0.4 is 11.1 Å². The molecule has 2 atom stereocenters. The minimum Gasteiger partial charge on any atom is -0.477 e. The molecule has 0 aromatic carbocycles. The topological polar surface area (TPSA) is 160 Å². The minimum atomic E-state index is -1.28. The number of aromatic nitrogens is 2. The predicted octanol–water partition coefficient (Wildman–Crippen LogP) is -0.253. The first-order chi connectivity index (χ1) is 15.7. The molecule has 33 heavy (non-hydrogen) atoms. The number of rotatable bonds is 8. The summed E-state index contributed by atoms with van der Waals surface area (Å²) in [6.07, 6.45) is 2.18. The molecule has 178 valence electrons. The van der Waals surface area contributed by atoms with Crippen LogP contribution in [0, 0.1) is 0 Å². The van der Waals surface area contributed by atoms with Crippen LogP contribution in [0.2, 0.25) is 0 Å². The normalized spacial score (nSPS) is 24.4. The smallest absolute Gasteiger partial charge is 0.352 e. The van der Waals surface area contributed by atoms with Gasteiger partial charge in [0.05, 0.1) is 20.1 Å². The SMILES string of the molecule is C[N+]1(CC2=C(C(=O)O)N3C(=O)[C@@H](NC(=O)/C(=N\OCF)c4nsc(N)n4)[C@@H]3SC2)CCCC1. The van der Waals surface area contributed by atoms with E-state index in [0.29, 0.717) is 17.9 Å². The summed E-state index contributed by atoms with van der Waals surface area (Å²) in [5, 5.41) is 15.3. The number of hydrogen-bond donors (Lipinski definition) is 3. The van der Waals surface area contributed by atoms with E-state index in [0.717, 1.165) is 41.9 Å². The number of alkyl halides is 1. The van der Waals surface area contributed by atoms with Crippen molar-refractivity contribution < 1.29 is 33.2 Å². The second-order valence-corrected chi connectivity index (χ2v) is 10.1. The largest absolute Gasteiger partial charge is 0.477 e. The summed E-state index contributed by atoms with van der Waals surface area (Å²) in [5.41, 5.74) is 5.80. The molecule has 2 saturated heterocycles. The summed E-state index contributed by atoms with van der Waals surface area (Å²) >= 11 is 2.20. The number of nitrogens with one attached hydrogen (secondary N) is 1. The van der Waals surface area contributed by atoms with Crippen LogP contribution in [0.1, 0.15) is 18.7 Å². The van der Waals surface area contributed by atoms with Crippen molar-refractivity contribution in [3.63, 3.8) is 0 Å². The van der Waals surface area contributed by atoms with Crippen LogP contribution in [-0.2, 0) is 19.2 Å². The number of nitrogens with zero attached hydrogens (tertiary/aromatic N) is 5. The number of likely N-dealkylation sites (N-methyl/N-ethyl adjacent to an activating group) is 1. The number of nitrogens with two attached hydrogens (primary N) is 1. The number of thioether (sulfide) groups is 1. The number of fused-ring (bicyclic) bond motifs is 1. The van der Waals surface area contributed by atoms with Gasteiger partial charge in [-0.05, 0) is 0 Å². The molecular weight excluding hydrogens is 477 g/mol. The van der Waals surface area contributed by atoms with Gasteiger partial charge in [0.25, 0.3) is 18.7 Å². The lowest BCUT2D eigenvalue weighted by atomic mass is 10.0. The molecule has 15 heteroatoms. The molecule has 4 heterocycles. The van der Waals surface area contributed by atoms with E-state index in [1.165, 1.54) is 16.7 Å². The third kappa shape index (κ3) is 4.52. The molecule has 3 aliphatic rings. The number of β-lactam (4-membered cyclic amide) rings is 1. The number of nitrogen functional groups attached to an aromatic ring is 1. The Bertz CT molecular complexity index is 1040. The van der Waals surface area contributed by atoms with Crippen molar-refractivity contribution in [3.05, 3.63) is 17.1 Å². The third-order valence-electron chi connectivity index (χ3n) is 5.83. The van der Waals surface area contributed by atoms with Gasteiger partial charge in [-0.2, -0.15) is 9.36 Å². The number of oxime groups is 1. The van der Waals surface area contributed by atoms with Gasteiger partial charge in [-0.15, -0.1) is 11.8 Å². The fraction of sp³-hybridized carbons (Fsp3) is 0.556. The van der Waals surface area contributed by atoms with Crippen molar-refractivity contribution in [1.82, 2.24) is 19.6 Å². The van der Waals surface area contributed by atoms with Gasteiger partial charge in [0.1, 0.15) is 23.7 Å². The predicted molar refractivity (Wildman–Crippen MR) is 118 cm³/mol. The monoisotopic (exact) mass is 500 g/mol. The van der Waals surface area contributed by atoms with Crippen molar-refractivity contribution in [1.29, 1.82) is 0 Å². The molecule has 0 aliphatic carbocycles. The first-order valence-electron chi connectivity index (χ1n) is 10.1. The molecule has 0 bridgehead atoms. The van der Waals surface area contributed by atoms with E-state index >= 15 is 0 Å². The molecule has 4 N–H and O–H groups in total. The van der Waals surface area contributed by atoms with Crippen molar-refractivity contribution in [2.45, 2.75) is 24.3 Å². The van der Waals surface area contributed by atoms with Gasteiger partial charge in [-0.25, -0.2) is 9.18 Å². The van der Waals surface area contributed by atoms with Gasteiger partial charge >= 0.3 is 5.97 Å². The number of quaternary nitrogens is 1. The standard InChI is InChI=1S/C18H22FN7O5S2/c1-26(4-2-3-5-26)6-9-7-32-16-11(15(28)25(16)12(9)17(29)30)21-14(27)10(23-31-8-19)13-22-18(20)33-24-13/h11,16H,2-8H2,1H3,(H3-,20,21,22,24,27,29,30)/p+1/b23-10-/t11-,16+/m1/s1. The molecule has 3 aliphatic heterocycles. The summed E-state index contributed by atoms with van der Waals surface area (Å²) in [6, 6.07) is -0.985. The van der Waals surface area contributed by atoms with Crippen LogP contribution in [0.4, 0.5) is 9.52 Å². The number of halogens is 1. The Balaban J connectivity index is 1.52. The zero-order valence-corrected chi connectivity index (χ0v) is 19.3. The van der Waals surface area contributed by atoms with E-state index in [-0.39, 0.29) is 16.7 Å². The van der Waals surface area contributed by atoms with Crippen molar-refractivity contribution >= 4 is 51.9 Å². The molecular formula is C18H23FN7O5S2+. The summed E-state index contributed by atoms with van der Waals surface area (Å²) in [7, 11) is 2.09. The third-order valence-corrected chi connectivity index (χ3v) is 7.71. The Morgan fingerprint density at radius 3 is 2.76 bits per heavy atom. The Labute approximate surface area is 196 Å². The number of aliphatic carboxylic acids is 1. The number of carboxylic acids is 1. The van der Waals surface area contributed by atoms with Gasteiger partial charge in [0.15, 0.2) is 5.13 Å². The van der Waals surface area contributed by atoms with Gasteiger partial charge in [0, 0.05) is 35.7 Å². The fourth-order valence-corrected chi connectivity index (χ4v) is 6.11. The van der Waals surface area contributed by atoms with Crippen LogP contribution in [0.15, 0.2) is 16.4 Å². The number of likely N-dealkylation sites (tertiary alicyclic amines) is 1. The number of carbonyl (C=O) groups is 3. The van der Waals surface area contributed by atoms with E-state index in [2.05, 4.69) is 31.7 Å². The van der Waals surface area contributed by atoms with E-state index in [4.69, 9.17) is 5.73 Å². The molecule has 4 rings (SSSR count). The molecule has 1 aromatic heterocycles. The summed E-state index contributed by atoms with van der Waals surface area (Å²) in [6.45, 7) is 1.22. The molecule has 2 fully saturated rings. The average molecular weight is 501 g/mol. The molecule has 1 aromatic rings. The molecule has 0 spiro atoms. The Hall–Kier alpha value is -2.78. The van der Waals surface area contributed by atoms with E-state index in [1.54, 1.807) is 0 Å². The van der Waals surface area contributed by atoms with Crippen molar-refractivity contribution in [2.24, 2.45) is 5.16 Å². The highest BCUT2D eigenvalue weighted by atomic mass is 32.2. The van der Waals surface area contributed by atoms with Crippen molar-refractivity contribution in [2.75, 3.05) is 45.0 Å². The molecule has 0 saturated carbocycles. The van der Waals surface area contributed by atoms with Gasteiger partial charge in [0.2, 0.25) is 11.5 Å². The fourth-order valence-electron chi connectivity index (χ4n) is 4.34. The summed E-state index contributed by atoms with van der Waals surface area (Å²) < 4.78 is 17.1. The molecule has 2 amide bonds. The zero-order valence-electron chi connectivity index (χ0n) is 17.7. The number of carboxylic acid groups (broad SMARTS) is 1. The maximum absolute atomic E-state index is 12.9. The molecule has 0 radical (unpaired) electrons. The van der Waals surface area contributed by atoms with Crippen molar-refractivity contribution in [3.8, 4) is 0 Å². The van der Waals surface area contributed by atoms with Crippen LogP contribution in [0.25, 0.3) is 0 Å². The van der Waals surface area contributed by atoms with Gasteiger partial charge < -0.3 is 25.5 Å². The van der Waals surface area contributed by atoms with Crippen LogP contribution in [0.3, 0.4) is 0 Å². The zero-order chi connectivity index (χ0) is 23.8. The lowest BCUT2D eigenvalue weighted by Gasteiger charge is -2.49. The Morgan fingerprint density at radius 1 is 1.42 bits per heavy atom. The maximum Gasteiger partial charge on any atom is 0.352 e. The number of carbonyl (C=O) groups excluding carboxylic acids is 2. The molecule has 0 unspecified atom stereocenters. The lowest BCUT2D eigenvalue weighted by Crippen LogP contribution is -2.71. The highest BCUT2D eigenvalue weighted by Crippen LogP contribution is 2.41. The van der Waals surface area contributed by atoms with Crippen LogP contribution in [0.5, 0.6) is 0 Å². The minimum absolute atomic E-state index is 0.0101. The number of hydrogen-bond acceptors (Lipinski definition) is 10. The average Bonchev–Trinajstić information content (AvgIpc) is 3.40. The Kier molecular flexibility index (Phi) is 6.54. The number of amides is 2. The first-order valence-corrected chi connectivity index (χ1v) is 12.0. The van der Waals surface area contributed by atoms with Crippen LogP contribution in [-0.4, -0.2) is 98.1 Å². The van der Waals surface area contributed by atoms with E-state index in [1.807, 2.05) is 0 Å². The number of anilines is 1. The van der Waals surface area contributed by atoms with Crippen LogP contribution >= 0.6 is 23.3 Å². The highest BCUT2D eigenvalue weighted by Gasteiger charge is 2.55. The first kappa shape index (κ1) is 23.4. The lowest BCUT2D eigenvalue weighted by molar-refractivity contribution is -0.893. The maximum atomic E-state index is 12.9. The van der Waals surface area contributed by atoms with Gasteiger partial charge in [-0.3, -0.25) is 14.5 Å². The quantitative estimate of drug-likeness (QED) is 0.189. The van der Waals surface area contributed by atoms with E-state index < -0.39 is 41.8 Å². The second kappa shape index (κ2) is 9.23. The summed E-state index contributed by atoms with van der Waals surface area (Å²) in [5.74, 6) is -2.30. The Morgan fingerprint density at radius 2 is 2.15 bits per heavy atom. The van der Waals surface area contributed by atoms with Gasteiger partial charge in [-0.1, -0.05) is 5.16 Å². The molecule has 12 nitrogen and oxygen atoms in total.